The first-order valence-electron chi connectivity index (χ1n) is 7.44. The van der Waals surface area contributed by atoms with Crippen LogP contribution in [-0.2, 0) is 13.1 Å². The van der Waals surface area contributed by atoms with Gasteiger partial charge in [-0.15, -0.1) is 0 Å². The van der Waals surface area contributed by atoms with Crippen molar-refractivity contribution in [3.05, 3.63) is 65.5 Å². The molecule has 2 aromatic carbocycles. The minimum absolute atomic E-state index is 0.198. The fourth-order valence-electron chi connectivity index (χ4n) is 2.23. The first-order valence-corrected chi connectivity index (χ1v) is 7.44. The summed E-state index contributed by atoms with van der Waals surface area (Å²) in [5, 5.41) is 3.40. The monoisotopic (exact) mass is 286 g/mol. The van der Waals surface area contributed by atoms with Crippen molar-refractivity contribution < 1.29 is 4.39 Å². The van der Waals surface area contributed by atoms with Gasteiger partial charge >= 0.3 is 0 Å². The van der Waals surface area contributed by atoms with Crippen LogP contribution in [0.4, 0.5) is 10.1 Å². The highest BCUT2D eigenvalue weighted by Crippen LogP contribution is 2.16. The van der Waals surface area contributed by atoms with Crippen LogP contribution >= 0.6 is 0 Å². The van der Waals surface area contributed by atoms with Crippen molar-refractivity contribution in [2.45, 2.75) is 26.4 Å². The van der Waals surface area contributed by atoms with Gasteiger partial charge in [0, 0.05) is 25.8 Å². The van der Waals surface area contributed by atoms with Crippen molar-refractivity contribution in [2.24, 2.45) is 0 Å². The van der Waals surface area contributed by atoms with Gasteiger partial charge in [-0.3, -0.25) is 0 Å². The first kappa shape index (κ1) is 15.5. The number of anilines is 1. The molecule has 0 saturated carbocycles. The number of hydrogen-bond acceptors (Lipinski definition) is 2. The average Bonchev–Trinajstić information content (AvgIpc) is 2.50. The predicted molar refractivity (Wildman–Crippen MR) is 86.9 cm³/mol. The zero-order valence-electron chi connectivity index (χ0n) is 12.8. The van der Waals surface area contributed by atoms with Crippen LogP contribution < -0.4 is 10.2 Å². The van der Waals surface area contributed by atoms with Crippen molar-refractivity contribution >= 4 is 5.69 Å². The molecule has 0 amide bonds. The van der Waals surface area contributed by atoms with E-state index in [2.05, 4.69) is 41.4 Å². The maximum atomic E-state index is 12.9. The van der Waals surface area contributed by atoms with Gasteiger partial charge in [-0.25, -0.2) is 4.39 Å². The Morgan fingerprint density at radius 2 is 1.57 bits per heavy atom. The van der Waals surface area contributed by atoms with Gasteiger partial charge in [0.25, 0.3) is 0 Å². The van der Waals surface area contributed by atoms with E-state index in [-0.39, 0.29) is 5.82 Å². The lowest BCUT2D eigenvalue weighted by Gasteiger charge is -2.19. The largest absolute Gasteiger partial charge is 0.370 e. The van der Waals surface area contributed by atoms with Crippen LogP contribution in [-0.4, -0.2) is 13.6 Å². The Kier molecular flexibility index (Phi) is 5.76. The summed E-state index contributed by atoms with van der Waals surface area (Å²) in [6.45, 7) is 4.95. The number of benzene rings is 2. The molecule has 0 aliphatic carbocycles. The number of halogens is 1. The van der Waals surface area contributed by atoms with Crippen molar-refractivity contribution in [3.63, 3.8) is 0 Å². The molecule has 0 heterocycles. The molecular weight excluding hydrogens is 263 g/mol. The fourth-order valence-corrected chi connectivity index (χ4v) is 2.23. The van der Waals surface area contributed by atoms with Gasteiger partial charge in [0.1, 0.15) is 5.82 Å². The first-order chi connectivity index (χ1) is 10.2. The van der Waals surface area contributed by atoms with Crippen LogP contribution in [0.3, 0.4) is 0 Å². The highest BCUT2D eigenvalue weighted by Gasteiger charge is 2.02. The summed E-state index contributed by atoms with van der Waals surface area (Å²) in [5.41, 5.74) is 3.57. The van der Waals surface area contributed by atoms with Gasteiger partial charge in [0.05, 0.1) is 0 Å². The zero-order chi connectivity index (χ0) is 15.1. The molecule has 2 aromatic rings. The van der Waals surface area contributed by atoms with E-state index in [0.29, 0.717) is 0 Å². The van der Waals surface area contributed by atoms with Crippen molar-refractivity contribution in [1.82, 2.24) is 5.32 Å². The summed E-state index contributed by atoms with van der Waals surface area (Å²) in [6, 6.07) is 15.2. The molecule has 1 N–H and O–H groups in total. The molecular formula is C18H23FN2. The smallest absolute Gasteiger partial charge is 0.123 e. The van der Waals surface area contributed by atoms with E-state index >= 15 is 0 Å². The Bertz CT molecular complexity index is 534. The topological polar surface area (TPSA) is 15.3 Å². The summed E-state index contributed by atoms with van der Waals surface area (Å²) in [5.74, 6) is -0.198. The molecule has 0 aliphatic rings. The highest BCUT2D eigenvalue weighted by molar-refractivity contribution is 5.46. The van der Waals surface area contributed by atoms with E-state index in [1.54, 1.807) is 12.1 Å². The van der Waals surface area contributed by atoms with E-state index in [1.807, 2.05) is 7.05 Å². The van der Waals surface area contributed by atoms with Gasteiger partial charge in [-0.2, -0.15) is 0 Å². The molecule has 0 aromatic heterocycles. The SMILES string of the molecule is CCCNCc1ccc(CN(C)c2ccc(F)cc2)cc1. The Morgan fingerprint density at radius 3 is 2.19 bits per heavy atom. The number of nitrogens with zero attached hydrogens (tertiary/aromatic N) is 1. The summed E-state index contributed by atoms with van der Waals surface area (Å²) in [7, 11) is 2.02. The average molecular weight is 286 g/mol. The lowest BCUT2D eigenvalue weighted by atomic mass is 10.1. The summed E-state index contributed by atoms with van der Waals surface area (Å²) in [6.07, 6.45) is 1.15. The van der Waals surface area contributed by atoms with E-state index in [9.17, 15) is 4.39 Å². The predicted octanol–water partition coefficient (Wildman–Crippen LogP) is 3.96. The second-order valence-electron chi connectivity index (χ2n) is 5.33. The molecule has 0 atom stereocenters. The van der Waals surface area contributed by atoms with Gasteiger partial charge in [0.2, 0.25) is 0 Å². The van der Waals surface area contributed by atoms with Gasteiger partial charge < -0.3 is 10.2 Å². The normalized spacial score (nSPS) is 10.6. The molecule has 0 bridgehead atoms. The van der Waals surface area contributed by atoms with E-state index in [0.717, 1.165) is 31.7 Å². The molecule has 21 heavy (non-hydrogen) atoms. The van der Waals surface area contributed by atoms with Crippen LogP contribution in [0, 0.1) is 5.82 Å². The Labute approximate surface area is 126 Å². The van der Waals surface area contributed by atoms with Crippen molar-refractivity contribution in [1.29, 1.82) is 0 Å². The lowest BCUT2D eigenvalue weighted by Crippen LogP contribution is -2.16. The minimum Gasteiger partial charge on any atom is -0.370 e. The maximum absolute atomic E-state index is 12.9. The number of hydrogen-bond donors (Lipinski definition) is 1. The van der Waals surface area contributed by atoms with Crippen LogP contribution in [0.15, 0.2) is 48.5 Å². The van der Waals surface area contributed by atoms with Gasteiger partial charge in [-0.1, -0.05) is 31.2 Å². The van der Waals surface area contributed by atoms with Crippen molar-refractivity contribution in [3.8, 4) is 0 Å². The summed E-state index contributed by atoms with van der Waals surface area (Å²) < 4.78 is 12.9. The molecule has 0 unspecified atom stereocenters. The molecule has 2 rings (SSSR count). The Morgan fingerprint density at radius 1 is 0.952 bits per heavy atom. The number of rotatable bonds is 7. The van der Waals surface area contributed by atoms with Crippen LogP contribution in [0.5, 0.6) is 0 Å². The molecule has 0 radical (unpaired) electrons. The van der Waals surface area contributed by atoms with E-state index < -0.39 is 0 Å². The Balaban J connectivity index is 1.91. The summed E-state index contributed by atoms with van der Waals surface area (Å²) >= 11 is 0. The number of nitrogens with one attached hydrogen (secondary N) is 1. The third-order valence-electron chi connectivity index (χ3n) is 3.47. The van der Waals surface area contributed by atoms with Gasteiger partial charge in [-0.05, 0) is 48.4 Å². The minimum atomic E-state index is -0.198. The molecule has 0 aliphatic heterocycles. The summed E-state index contributed by atoms with van der Waals surface area (Å²) in [4.78, 5) is 2.11. The molecule has 3 heteroatoms. The lowest BCUT2D eigenvalue weighted by molar-refractivity contribution is 0.627. The third kappa shape index (κ3) is 4.87. The molecule has 0 fully saturated rings. The zero-order valence-corrected chi connectivity index (χ0v) is 12.8. The molecule has 2 nitrogen and oxygen atoms in total. The molecule has 0 saturated heterocycles. The molecule has 0 spiro atoms. The van der Waals surface area contributed by atoms with E-state index in [1.165, 1.54) is 23.3 Å². The van der Waals surface area contributed by atoms with Crippen molar-refractivity contribution in [2.75, 3.05) is 18.5 Å². The van der Waals surface area contributed by atoms with Crippen LogP contribution in [0.25, 0.3) is 0 Å². The molecule has 112 valence electrons. The van der Waals surface area contributed by atoms with Crippen LogP contribution in [0.1, 0.15) is 24.5 Å². The van der Waals surface area contributed by atoms with E-state index in [4.69, 9.17) is 0 Å². The quantitative estimate of drug-likeness (QED) is 0.775. The second-order valence-corrected chi connectivity index (χ2v) is 5.33. The maximum Gasteiger partial charge on any atom is 0.123 e. The highest BCUT2D eigenvalue weighted by atomic mass is 19.1. The second kappa shape index (κ2) is 7.79. The van der Waals surface area contributed by atoms with Crippen LogP contribution in [0.2, 0.25) is 0 Å². The fraction of sp³-hybridized carbons (Fsp3) is 0.333. The third-order valence-corrected chi connectivity index (χ3v) is 3.47. The standard InChI is InChI=1S/C18H23FN2/c1-3-12-20-13-15-4-6-16(7-5-15)14-21(2)18-10-8-17(19)9-11-18/h4-11,20H,3,12-14H2,1-2H3. The van der Waals surface area contributed by atoms with Gasteiger partial charge in [0.15, 0.2) is 0 Å². The Hall–Kier alpha value is -1.87.